The number of nitrogens with one attached hydrogen (secondary N) is 1. The summed E-state index contributed by atoms with van der Waals surface area (Å²) in [6.07, 6.45) is 0. The molecule has 0 spiro atoms. The van der Waals surface area contributed by atoms with Crippen LogP contribution in [0.2, 0.25) is 0 Å². The molecule has 0 aliphatic carbocycles. The number of ether oxygens (including phenoxy) is 2. The number of amides is 1. The Morgan fingerprint density at radius 2 is 1.81 bits per heavy atom. The van der Waals surface area contributed by atoms with Crippen molar-refractivity contribution in [1.29, 1.82) is 0 Å². The topological polar surface area (TPSA) is 77.8 Å². The van der Waals surface area contributed by atoms with Gasteiger partial charge in [0.05, 0.1) is 26.3 Å². The Bertz CT molecular complexity index is 1100. The second-order valence-electron chi connectivity index (χ2n) is 5.51. The molecule has 136 valence electrons. The van der Waals surface area contributed by atoms with Crippen molar-refractivity contribution in [1.82, 2.24) is 5.32 Å². The number of fused-ring (bicyclic) bond motifs is 1. The summed E-state index contributed by atoms with van der Waals surface area (Å²) in [5.41, 5.74) is 0.195. The van der Waals surface area contributed by atoms with E-state index in [1.807, 2.05) is 18.2 Å². The van der Waals surface area contributed by atoms with E-state index in [0.717, 1.165) is 0 Å². The first-order valence-corrected chi connectivity index (χ1v) is 8.15. The SMILES string of the molecule is COc1ccccc1C#CCNC(=O)c1cc2cccc(OC)c2oc1=O. The fourth-order valence-corrected chi connectivity index (χ4v) is 2.54. The highest BCUT2D eigenvalue weighted by molar-refractivity contribution is 5.97. The van der Waals surface area contributed by atoms with Crippen LogP contribution < -0.4 is 20.4 Å². The molecule has 3 aromatic rings. The van der Waals surface area contributed by atoms with E-state index in [4.69, 9.17) is 13.9 Å². The number of para-hydroxylation sites is 2. The van der Waals surface area contributed by atoms with Crippen molar-refractivity contribution in [3.05, 3.63) is 70.1 Å². The van der Waals surface area contributed by atoms with Crippen molar-refractivity contribution >= 4 is 16.9 Å². The second kappa shape index (κ2) is 8.11. The minimum absolute atomic E-state index is 0.0759. The molecule has 2 aromatic carbocycles. The summed E-state index contributed by atoms with van der Waals surface area (Å²) in [6.45, 7) is 0.0759. The second-order valence-corrected chi connectivity index (χ2v) is 5.51. The number of carbonyl (C=O) groups is 1. The average molecular weight is 363 g/mol. The lowest BCUT2D eigenvalue weighted by Crippen LogP contribution is -2.28. The van der Waals surface area contributed by atoms with Gasteiger partial charge in [-0.2, -0.15) is 0 Å². The van der Waals surface area contributed by atoms with Gasteiger partial charge in [-0.1, -0.05) is 36.1 Å². The molecule has 3 rings (SSSR count). The number of benzene rings is 2. The van der Waals surface area contributed by atoms with Crippen LogP contribution in [0.3, 0.4) is 0 Å². The zero-order valence-corrected chi connectivity index (χ0v) is 14.9. The van der Waals surface area contributed by atoms with E-state index in [-0.39, 0.29) is 12.1 Å². The van der Waals surface area contributed by atoms with Crippen LogP contribution in [0.5, 0.6) is 11.5 Å². The fourth-order valence-electron chi connectivity index (χ4n) is 2.54. The normalized spacial score (nSPS) is 10.0. The largest absolute Gasteiger partial charge is 0.495 e. The first kappa shape index (κ1) is 18.1. The van der Waals surface area contributed by atoms with Gasteiger partial charge in [-0.05, 0) is 24.3 Å². The van der Waals surface area contributed by atoms with E-state index in [1.165, 1.54) is 13.2 Å². The molecule has 27 heavy (non-hydrogen) atoms. The average Bonchev–Trinajstić information content (AvgIpc) is 2.70. The quantitative estimate of drug-likeness (QED) is 0.569. The molecular weight excluding hydrogens is 346 g/mol. The monoisotopic (exact) mass is 363 g/mol. The number of carbonyl (C=O) groups excluding carboxylic acids is 1. The van der Waals surface area contributed by atoms with Gasteiger partial charge < -0.3 is 19.2 Å². The Kier molecular flexibility index (Phi) is 5.43. The van der Waals surface area contributed by atoms with Crippen molar-refractivity contribution in [2.24, 2.45) is 0 Å². The van der Waals surface area contributed by atoms with Gasteiger partial charge in [0.15, 0.2) is 11.3 Å². The van der Waals surface area contributed by atoms with E-state index < -0.39 is 11.5 Å². The standard InChI is InChI=1S/C21H17NO5/c1-25-17-10-4-3-7-14(17)9-6-12-22-20(23)16-13-15-8-5-11-18(26-2)19(15)27-21(16)24/h3-5,7-8,10-11,13H,12H2,1-2H3,(H,22,23). The van der Waals surface area contributed by atoms with Crippen LogP contribution in [0, 0.1) is 11.8 Å². The molecule has 0 saturated carbocycles. The predicted octanol–water partition coefficient (Wildman–Crippen LogP) is 2.59. The van der Waals surface area contributed by atoms with E-state index in [2.05, 4.69) is 17.2 Å². The lowest BCUT2D eigenvalue weighted by molar-refractivity contribution is 0.0955. The zero-order valence-electron chi connectivity index (χ0n) is 14.9. The molecule has 1 N–H and O–H groups in total. The molecule has 6 nitrogen and oxygen atoms in total. The van der Waals surface area contributed by atoms with E-state index in [0.29, 0.717) is 28.0 Å². The molecule has 0 bridgehead atoms. The summed E-state index contributed by atoms with van der Waals surface area (Å²) in [5.74, 6) is 6.29. The third-order valence-corrected chi connectivity index (χ3v) is 3.86. The molecule has 1 aromatic heterocycles. The highest BCUT2D eigenvalue weighted by Gasteiger charge is 2.14. The van der Waals surface area contributed by atoms with E-state index >= 15 is 0 Å². The molecule has 1 heterocycles. The van der Waals surface area contributed by atoms with Crippen LogP contribution in [-0.2, 0) is 0 Å². The lowest BCUT2D eigenvalue weighted by atomic mass is 10.1. The molecule has 0 fully saturated rings. The van der Waals surface area contributed by atoms with Gasteiger partial charge in [0.2, 0.25) is 0 Å². The molecule has 0 unspecified atom stereocenters. The molecular formula is C21H17NO5. The Labute approximate surface area is 155 Å². The maximum absolute atomic E-state index is 12.3. The molecule has 0 radical (unpaired) electrons. The molecule has 1 amide bonds. The fraction of sp³-hybridized carbons (Fsp3) is 0.143. The van der Waals surface area contributed by atoms with Crippen molar-refractivity contribution in [3.63, 3.8) is 0 Å². The first-order chi connectivity index (χ1) is 13.1. The molecule has 0 saturated heterocycles. The van der Waals surface area contributed by atoms with Gasteiger partial charge in [0, 0.05) is 5.39 Å². The van der Waals surface area contributed by atoms with Crippen LogP contribution in [0.25, 0.3) is 11.0 Å². The third kappa shape index (κ3) is 3.93. The van der Waals surface area contributed by atoms with Crippen molar-refractivity contribution in [2.45, 2.75) is 0 Å². The first-order valence-electron chi connectivity index (χ1n) is 8.15. The molecule has 6 heteroatoms. The van der Waals surface area contributed by atoms with Crippen molar-refractivity contribution < 1.29 is 18.7 Å². The van der Waals surface area contributed by atoms with Crippen LogP contribution >= 0.6 is 0 Å². The predicted molar refractivity (Wildman–Crippen MR) is 101 cm³/mol. The Morgan fingerprint density at radius 3 is 2.59 bits per heavy atom. The van der Waals surface area contributed by atoms with Gasteiger partial charge in [-0.3, -0.25) is 4.79 Å². The maximum atomic E-state index is 12.3. The third-order valence-electron chi connectivity index (χ3n) is 3.86. The van der Waals surface area contributed by atoms with Gasteiger partial charge in [0.1, 0.15) is 11.3 Å². The van der Waals surface area contributed by atoms with Gasteiger partial charge in [-0.15, -0.1) is 0 Å². The smallest absolute Gasteiger partial charge is 0.349 e. The van der Waals surface area contributed by atoms with Crippen LogP contribution in [0.1, 0.15) is 15.9 Å². The summed E-state index contributed by atoms with van der Waals surface area (Å²) in [5, 5.41) is 3.19. The number of hydrogen-bond donors (Lipinski definition) is 1. The van der Waals surface area contributed by atoms with Crippen LogP contribution in [0.15, 0.2) is 57.7 Å². The minimum atomic E-state index is -0.734. The summed E-state index contributed by atoms with van der Waals surface area (Å²) < 4.78 is 15.6. The van der Waals surface area contributed by atoms with E-state index in [9.17, 15) is 9.59 Å². The summed E-state index contributed by atoms with van der Waals surface area (Å²) in [7, 11) is 3.05. The molecule has 0 aliphatic heterocycles. The lowest BCUT2D eigenvalue weighted by Gasteiger charge is -2.05. The van der Waals surface area contributed by atoms with Crippen molar-refractivity contribution in [2.75, 3.05) is 20.8 Å². The number of hydrogen-bond acceptors (Lipinski definition) is 5. The van der Waals surface area contributed by atoms with Gasteiger partial charge in [-0.25, -0.2) is 4.79 Å². The van der Waals surface area contributed by atoms with Gasteiger partial charge >= 0.3 is 5.63 Å². The van der Waals surface area contributed by atoms with Crippen LogP contribution in [-0.4, -0.2) is 26.7 Å². The highest BCUT2D eigenvalue weighted by Crippen LogP contribution is 2.24. The Hall–Kier alpha value is -3.72. The summed E-state index contributed by atoms with van der Waals surface area (Å²) >= 11 is 0. The molecule has 0 aliphatic rings. The minimum Gasteiger partial charge on any atom is -0.495 e. The molecule has 0 atom stereocenters. The van der Waals surface area contributed by atoms with Gasteiger partial charge in [0.25, 0.3) is 5.91 Å². The summed E-state index contributed by atoms with van der Waals surface area (Å²) in [4.78, 5) is 24.4. The van der Waals surface area contributed by atoms with Crippen molar-refractivity contribution in [3.8, 4) is 23.3 Å². The summed E-state index contributed by atoms with van der Waals surface area (Å²) in [6, 6.07) is 14.0. The highest BCUT2D eigenvalue weighted by atomic mass is 16.5. The van der Waals surface area contributed by atoms with E-state index in [1.54, 1.807) is 31.4 Å². The zero-order chi connectivity index (χ0) is 19.2. The Balaban J connectivity index is 1.77. The Morgan fingerprint density at radius 1 is 1.07 bits per heavy atom. The van der Waals surface area contributed by atoms with Crippen LogP contribution in [0.4, 0.5) is 0 Å². The number of methoxy groups -OCH3 is 2. The maximum Gasteiger partial charge on any atom is 0.349 e. The number of rotatable bonds is 4.